The normalized spacial score (nSPS) is 19.3. The van der Waals surface area contributed by atoms with Crippen molar-refractivity contribution in [2.75, 3.05) is 0 Å². The van der Waals surface area contributed by atoms with Gasteiger partial charge in [0.2, 0.25) is 0 Å². The molecule has 1 aliphatic carbocycles. The molecule has 0 bridgehead atoms. The summed E-state index contributed by atoms with van der Waals surface area (Å²) in [7, 11) is 0. The summed E-state index contributed by atoms with van der Waals surface area (Å²) < 4.78 is 5.94. The number of hydrogen-bond acceptors (Lipinski definition) is 3. The predicted molar refractivity (Wildman–Crippen MR) is 109 cm³/mol. The van der Waals surface area contributed by atoms with Gasteiger partial charge in [-0.2, -0.15) is 0 Å². The number of carbonyl (C=O) groups excluding carboxylic acids is 1. The Hall–Kier alpha value is -1.06. The van der Waals surface area contributed by atoms with Gasteiger partial charge >= 0.3 is 11.9 Å². The molecule has 0 aliphatic heterocycles. The molecular formula is C23H42O4. The first-order valence-corrected chi connectivity index (χ1v) is 11.1. The van der Waals surface area contributed by atoms with Gasteiger partial charge in [-0.25, -0.2) is 0 Å². The third kappa shape index (κ3) is 8.23. The zero-order chi connectivity index (χ0) is 20.6. The highest BCUT2D eigenvalue weighted by Gasteiger charge is 2.41. The minimum Gasteiger partial charge on any atom is -0.481 e. The Morgan fingerprint density at radius 1 is 0.926 bits per heavy atom. The zero-order valence-electron chi connectivity index (χ0n) is 18.4. The quantitative estimate of drug-likeness (QED) is 0.450. The molecule has 1 N–H and O–H groups in total. The zero-order valence-corrected chi connectivity index (χ0v) is 18.4. The number of carboxylic acid groups (broad SMARTS) is 1. The molecular weight excluding hydrogens is 340 g/mol. The first-order valence-electron chi connectivity index (χ1n) is 11.1. The Labute approximate surface area is 166 Å². The predicted octanol–water partition coefficient (Wildman–Crippen LogP) is 5.93. The largest absolute Gasteiger partial charge is 0.481 e. The number of rotatable bonds is 11. The van der Waals surface area contributed by atoms with E-state index < -0.39 is 17.8 Å². The minimum absolute atomic E-state index is 0.101. The number of ether oxygens (including phenoxy) is 1. The van der Waals surface area contributed by atoms with Crippen LogP contribution in [0.15, 0.2) is 0 Å². The second-order valence-electron chi connectivity index (χ2n) is 9.69. The molecule has 27 heavy (non-hydrogen) atoms. The summed E-state index contributed by atoms with van der Waals surface area (Å²) in [6.07, 6.45) is 7.30. The van der Waals surface area contributed by atoms with Crippen molar-refractivity contribution in [1.29, 1.82) is 0 Å². The Balaban J connectivity index is 3.00. The fraction of sp³-hybridized carbons (Fsp3) is 0.913. The van der Waals surface area contributed by atoms with Crippen LogP contribution in [0.2, 0.25) is 0 Å². The standard InChI is InChI=1S/C23H42O4/c1-15(2)12-13-19(21(22(24)25)18-10-8-7-9-11-18)23(26)27-20(17(5)6)14-16(3)4/h15-21H,7-14H2,1-6H3,(H,24,25). The number of hydrogen-bond donors (Lipinski definition) is 1. The molecule has 1 aliphatic rings. The molecule has 3 unspecified atom stereocenters. The van der Waals surface area contributed by atoms with Gasteiger partial charge in [0.1, 0.15) is 6.10 Å². The maximum atomic E-state index is 13.2. The first kappa shape index (κ1) is 24.0. The van der Waals surface area contributed by atoms with Crippen molar-refractivity contribution in [3.05, 3.63) is 0 Å². The van der Waals surface area contributed by atoms with E-state index in [1.807, 2.05) is 0 Å². The molecule has 0 amide bonds. The monoisotopic (exact) mass is 382 g/mol. The summed E-state index contributed by atoms with van der Waals surface area (Å²) in [4.78, 5) is 25.3. The molecule has 1 saturated carbocycles. The molecule has 4 heteroatoms. The summed E-state index contributed by atoms with van der Waals surface area (Å²) in [6, 6.07) is 0. The molecule has 3 atom stereocenters. The van der Waals surface area contributed by atoms with Crippen molar-refractivity contribution in [3.63, 3.8) is 0 Å². The van der Waals surface area contributed by atoms with Crippen molar-refractivity contribution in [1.82, 2.24) is 0 Å². The minimum atomic E-state index is -0.822. The van der Waals surface area contributed by atoms with E-state index in [-0.39, 0.29) is 23.9 Å². The highest BCUT2D eigenvalue weighted by molar-refractivity contribution is 5.81. The lowest BCUT2D eigenvalue weighted by Gasteiger charge is -2.34. The van der Waals surface area contributed by atoms with Crippen LogP contribution in [0.25, 0.3) is 0 Å². The molecule has 0 aromatic heterocycles. The van der Waals surface area contributed by atoms with E-state index in [1.165, 1.54) is 6.42 Å². The molecule has 0 heterocycles. The molecule has 0 saturated heterocycles. The van der Waals surface area contributed by atoms with E-state index in [1.54, 1.807) is 0 Å². The third-order valence-corrected chi connectivity index (χ3v) is 5.95. The van der Waals surface area contributed by atoms with E-state index in [4.69, 9.17) is 4.74 Å². The molecule has 1 fully saturated rings. The van der Waals surface area contributed by atoms with Crippen molar-refractivity contribution >= 4 is 11.9 Å². The number of esters is 1. The smallest absolute Gasteiger partial charge is 0.310 e. The van der Waals surface area contributed by atoms with Crippen molar-refractivity contribution in [2.45, 2.75) is 99.0 Å². The SMILES string of the molecule is CC(C)CCC(C(=O)OC(CC(C)C)C(C)C)C(C(=O)O)C1CCCCC1. The number of carboxylic acids is 1. The number of carbonyl (C=O) groups is 2. The van der Waals surface area contributed by atoms with E-state index in [0.29, 0.717) is 18.3 Å². The van der Waals surface area contributed by atoms with Crippen LogP contribution in [-0.4, -0.2) is 23.1 Å². The lowest BCUT2D eigenvalue weighted by atomic mass is 9.72. The van der Waals surface area contributed by atoms with Crippen LogP contribution in [0.1, 0.15) is 92.9 Å². The molecule has 0 aromatic rings. The Morgan fingerprint density at radius 3 is 1.96 bits per heavy atom. The maximum Gasteiger partial charge on any atom is 0.310 e. The summed E-state index contributed by atoms with van der Waals surface area (Å²) >= 11 is 0. The van der Waals surface area contributed by atoms with Gasteiger partial charge in [0.15, 0.2) is 0 Å². The fourth-order valence-corrected chi connectivity index (χ4v) is 4.31. The highest BCUT2D eigenvalue weighted by Crippen LogP contribution is 2.37. The van der Waals surface area contributed by atoms with Gasteiger partial charge in [-0.05, 0) is 49.4 Å². The van der Waals surface area contributed by atoms with Crippen LogP contribution >= 0.6 is 0 Å². The molecule has 1 rings (SSSR count). The van der Waals surface area contributed by atoms with Crippen LogP contribution in [-0.2, 0) is 14.3 Å². The van der Waals surface area contributed by atoms with Crippen LogP contribution in [0.4, 0.5) is 0 Å². The summed E-state index contributed by atoms with van der Waals surface area (Å²) in [5.74, 6) is -1.02. The topological polar surface area (TPSA) is 63.6 Å². The van der Waals surface area contributed by atoms with Gasteiger partial charge < -0.3 is 9.84 Å². The summed E-state index contributed by atoms with van der Waals surface area (Å²) in [5, 5.41) is 9.99. The van der Waals surface area contributed by atoms with Crippen molar-refractivity contribution in [3.8, 4) is 0 Å². The molecule has 158 valence electrons. The van der Waals surface area contributed by atoms with Gasteiger partial charge in [-0.15, -0.1) is 0 Å². The lowest BCUT2D eigenvalue weighted by molar-refractivity contribution is -0.167. The second-order valence-corrected chi connectivity index (χ2v) is 9.69. The second kappa shape index (κ2) is 11.7. The number of aliphatic carboxylic acids is 1. The van der Waals surface area contributed by atoms with E-state index in [2.05, 4.69) is 41.5 Å². The fourth-order valence-electron chi connectivity index (χ4n) is 4.31. The van der Waals surface area contributed by atoms with Gasteiger partial charge in [0.25, 0.3) is 0 Å². The Kier molecular flexibility index (Phi) is 10.4. The van der Waals surface area contributed by atoms with E-state index in [0.717, 1.165) is 38.5 Å². The van der Waals surface area contributed by atoms with E-state index >= 15 is 0 Å². The molecule has 0 aromatic carbocycles. The molecule has 4 nitrogen and oxygen atoms in total. The van der Waals surface area contributed by atoms with Gasteiger partial charge in [-0.3, -0.25) is 9.59 Å². The molecule has 0 spiro atoms. The first-order chi connectivity index (χ1) is 12.6. The van der Waals surface area contributed by atoms with Crippen molar-refractivity contribution < 1.29 is 19.4 Å². The molecule has 0 radical (unpaired) electrons. The maximum absolute atomic E-state index is 13.2. The van der Waals surface area contributed by atoms with Crippen LogP contribution in [0, 0.1) is 35.5 Å². The summed E-state index contributed by atoms with van der Waals surface area (Å²) in [5.41, 5.74) is 0. The van der Waals surface area contributed by atoms with E-state index in [9.17, 15) is 14.7 Å². The third-order valence-electron chi connectivity index (χ3n) is 5.95. The van der Waals surface area contributed by atoms with Crippen LogP contribution in [0.3, 0.4) is 0 Å². The lowest BCUT2D eigenvalue weighted by Crippen LogP contribution is -2.39. The van der Waals surface area contributed by atoms with Crippen molar-refractivity contribution in [2.24, 2.45) is 35.5 Å². The summed E-state index contributed by atoms with van der Waals surface area (Å²) in [6.45, 7) is 12.6. The van der Waals surface area contributed by atoms with Gasteiger partial charge in [0, 0.05) is 0 Å². The van der Waals surface area contributed by atoms with Crippen LogP contribution in [0.5, 0.6) is 0 Å². The van der Waals surface area contributed by atoms with Gasteiger partial charge in [-0.1, -0.05) is 67.2 Å². The average molecular weight is 383 g/mol. The highest BCUT2D eigenvalue weighted by atomic mass is 16.5. The average Bonchev–Trinajstić information content (AvgIpc) is 2.57. The Morgan fingerprint density at radius 2 is 1.52 bits per heavy atom. The Bertz CT molecular complexity index is 449. The van der Waals surface area contributed by atoms with Crippen LogP contribution < -0.4 is 0 Å². The van der Waals surface area contributed by atoms with Gasteiger partial charge in [0.05, 0.1) is 11.8 Å².